The van der Waals surface area contributed by atoms with Crippen LogP contribution < -0.4 is 15.6 Å². The normalized spacial score (nSPS) is 10.6. The van der Waals surface area contributed by atoms with Crippen LogP contribution in [0.15, 0.2) is 59.9 Å². The highest BCUT2D eigenvalue weighted by Crippen LogP contribution is 2.12. The van der Waals surface area contributed by atoms with E-state index in [2.05, 4.69) is 16.9 Å². The van der Waals surface area contributed by atoms with Gasteiger partial charge >= 0.3 is 0 Å². The summed E-state index contributed by atoms with van der Waals surface area (Å²) in [6.07, 6.45) is 1.61. The van der Waals surface area contributed by atoms with Crippen molar-refractivity contribution in [1.29, 1.82) is 0 Å². The lowest BCUT2D eigenvalue weighted by molar-refractivity contribution is 0.0947. The van der Waals surface area contributed by atoms with Gasteiger partial charge in [-0.05, 0) is 49.5 Å². The van der Waals surface area contributed by atoms with E-state index in [0.717, 1.165) is 11.3 Å². The van der Waals surface area contributed by atoms with Crippen LogP contribution in [0.5, 0.6) is 5.75 Å². The molecule has 3 aromatic rings. The van der Waals surface area contributed by atoms with E-state index in [-0.39, 0.29) is 11.5 Å². The predicted molar refractivity (Wildman–Crippen MR) is 113 cm³/mol. The maximum atomic E-state index is 12.5. The number of aryl methyl sites for hydroxylation is 1. The van der Waals surface area contributed by atoms with Crippen molar-refractivity contribution in [3.8, 4) is 5.75 Å². The van der Waals surface area contributed by atoms with Crippen LogP contribution in [0.2, 0.25) is 0 Å². The molecular weight excluding hydrogens is 374 g/mol. The second-order valence-corrected chi connectivity index (χ2v) is 6.70. The van der Waals surface area contributed by atoms with Gasteiger partial charge in [0.2, 0.25) is 0 Å². The number of nitrogens with one attached hydrogen (secondary N) is 2. The number of rotatable bonds is 7. The first-order chi connectivity index (χ1) is 13.5. The number of H-pyrrole nitrogens is 1. The summed E-state index contributed by atoms with van der Waals surface area (Å²) in [6, 6.07) is 12.6. The molecule has 0 saturated heterocycles. The predicted octanol–water partition coefficient (Wildman–Crippen LogP) is 3.36. The minimum atomic E-state index is -0.246. The lowest BCUT2D eigenvalue weighted by Crippen LogP contribution is -2.28. The number of ether oxygens (including phenoxy) is 1. The maximum Gasteiger partial charge on any atom is 0.262 e. The van der Waals surface area contributed by atoms with Crippen molar-refractivity contribution in [1.82, 2.24) is 14.9 Å². The number of amides is 1. The van der Waals surface area contributed by atoms with Crippen LogP contribution in [0.25, 0.3) is 10.9 Å². The van der Waals surface area contributed by atoms with Crippen molar-refractivity contribution < 1.29 is 9.53 Å². The highest BCUT2D eigenvalue weighted by atomic mass is 32.1. The lowest BCUT2D eigenvalue weighted by Gasteiger charge is -2.09. The van der Waals surface area contributed by atoms with Gasteiger partial charge in [0.15, 0.2) is 4.77 Å². The van der Waals surface area contributed by atoms with Gasteiger partial charge < -0.3 is 15.0 Å². The molecule has 28 heavy (non-hydrogen) atoms. The Morgan fingerprint density at radius 1 is 1.29 bits per heavy atom. The molecule has 1 heterocycles. The Labute approximate surface area is 167 Å². The number of aromatic nitrogens is 2. The monoisotopic (exact) mass is 395 g/mol. The van der Waals surface area contributed by atoms with Gasteiger partial charge in [-0.2, -0.15) is 0 Å². The van der Waals surface area contributed by atoms with Crippen molar-refractivity contribution in [2.75, 3.05) is 13.2 Å². The Kier molecular flexibility index (Phi) is 6.06. The summed E-state index contributed by atoms with van der Waals surface area (Å²) in [5.41, 5.74) is 1.91. The molecule has 144 valence electrons. The van der Waals surface area contributed by atoms with E-state index >= 15 is 0 Å². The van der Waals surface area contributed by atoms with E-state index in [4.69, 9.17) is 17.0 Å². The molecule has 0 radical (unpaired) electrons. The topological polar surface area (TPSA) is 76.1 Å². The highest BCUT2D eigenvalue weighted by Gasteiger charge is 2.10. The summed E-state index contributed by atoms with van der Waals surface area (Å²) in [5, 5.41) is 3.27. The van der Waals surface area contributed by atoms with E-state index in [1.807, 2.05) is 31.2 Å². The molecule has 0 atom stereocenters. The fraction of sp³-hybridized carbons (Fsp3) is 0.190. The molecule has 3 rings (SSSR count). The molecule has 0 spiro atoms. The zero-order chi connectivity index (χ0) is 20.1. The SMILES string of the molecule is C=CCn1c(=S)[nH]c2cc(C(=O)NCCOc3ccc(C)cc3)ccc2c1=O. The number of fused-ring (bicyclic) bond motifs is 1. The molecule has 2 aromatic carbocycles. The van der Waals surface area contributed by atoms with Gasteiger partial charge in [0.25, 0.3) is 11.5 Å². The first kappa shape index (κ1) is 19.6. The van der Waals surface area contributed by atoms with E-state index in [9.17, 15) is 9.59 Å². The quantitative estimate of drug-likeness (QED) is 0.365. The standard InChI is InChI=1S/C21H21N3O3S/c1-3-11-24-20(26)17-9-6-15(13-18(17)23-21(24)28)19(25)22-10-12-27-16-7-4-14(2)5-8-16/h3-9,13H,1,10-12H2,2H3,(H,22,25)(H,23,28). The minimum Gasteiger partial charge on any atom is -0.492 e. The summed E-state index contributed by atoms with van der Waals surface area (Å²) in [7, 11) is 0. The van der Waals surface area contributed by atoms with E-state index in [0.29, 0.717) is 40.9 Å². The summed E-state index contributed by atoms with van der Waals surface area (Å²) < 4.78 is 7.31. The zero-order valence-corrected chi connectivity index (χ0v) is 16.3. The zero-order valence-electron chi connectivity index (χ0n) is 15.5. The number of nitrogens with zero attached hydrogens (tertiary/aromatic N) is 1. The smallest absolute Gasteiger partial charge is 0.262 e. The van der Waals surface area contributed by atoms with Crippen LogP contribution in [0.4, 0.5) is 0 Å². The van der Waals surface area contributed by atoms with Crippen molar-refractivity contribution in [2.24, 2.45) is 0 Å². The Morgan fingerprint density at radius 2 is 2.04 bits per heavy atom. The Hall–Kier alpha value is -3.19. The Bertz CT molecular complexity index is 1130. The summed E-state index contributed by atoms with van der Waals surface area (Å²) in [4.78, 5) is 27.9. The number of hydrogen-bond acceptors (Lipinski definition) is 4. The molecule has 1 amide bonds. The number of aromatic amines is 1. The van der Waals surface area contributed by atoms with Gasteiger partial charge in [0.05, 0.1) is 17.4 Å². The van der Waals surface area contributed by atoms with E-state index in [1.165, 1.54) is 4.57 Å². The van der Waals surface area contributed by atoms with E-state index in [1.54, 1.807) is 24.3 Å². The third-order valence-corrected chi connectivity index (χ3v) is 4.56. The lowest BCUT2D eigenvalue weighted by atomic mass is 10.1. The molecule has 0 fully saturated rings. The number of benzene rings is 2. The van der Waals surface area contributed by atoms with Crippen LogP contribution in [0.1, 0.15) is 15.9 Å². The van der Waals surface area contributed by atoms with Crippen molar-refractivity contribution in [3.63, 3.8) is 0 Å². The first-order valence-corrected chi connectivity index (χ1v) is 9.26. The van der Waals surface area contributed by atoms with Gasteiger partial charge in [-0.1, -0.05) is 23.8 Å². The maximum absolute atomic E-state index is 12.5. The highest BCUT2D eigenvalue weighted by molar-refractivity contribution is 7.71. The summed E-state index contributed by atoms with van der Waals surface area (Å²) in [6.45, 7) is 6.69. The number of carbonyl (C=O) groups is 1. The van der Waals surface area contributed by atoms with Gasteiger partial charge in [-0.25, -0.2) is 0 Å². The Balaban J connectivity index is 1.67. The molecular formula is C21H21N3O3S. The third kappa shape index (κ3) is 4.37. The van der Waals surface area contributed by atoms with Crippen LogP contribution in [-0.2, 0) is 6.54 Å². The second-order valence-electron chi connectivity index (χ2n) is 6.31. The first-order valence-electron chi connectivity index (χ1n) is 8.85. The molecule has 0 aliphatic carbocycles. The fourth-order valence-electron chi connectivity index (χ4n) is 2.76. The van der Waals surface area contributed by atoms with Gasteiger partial charge in [-0.3, -0.25) is 14.2 Å². The van der Waals surface area contributed by atoms with E-state index < -0.39 is 0 Å². The van der Waals surface area contributed by atoms with Crippen LogP contribution >= 0.6 is 12.2 Å². The molecule has 0 saturated carbocycles. The molecule has 7 heteroatoms. The third-order valence-electron chi connectivity index (χ3n) is 4.23. The largest absolute Gasteiger partial charge is 0.492 e. The number of carbonyl (C=O) groups excluding carboxylic acids is 1. The van der Waals surface area contributed by atoms with Crippen LogP contribution in [0.3, 0.4) is 0 Å². The molecule has 0 aliphatic rings. The van der Waals surface area contributed by atoms with Crippen LogP contribution in [-0.4, -0.2) is 28.6 Å². The molecule has 0 bridgehead atoms. The molecule has 1 aromatic heterocycles. The minimum absolute atomic E-state index is 0.211. The molecule has 2 N–H and O–H groups in total. The van der Waals surface area contributed by atoms with Crippen LogP contribution in [0, 0.1) is 11.7 Å². The van der Waals surface area contributed by atoms with Gasteiger partial charge in [0, 0.05) is 12.1 Å². The van der Waals surface area contributed by atoms with Crippen molar-refractivity contribution >= 4 is 29.0 Å². The van der Waals surface area contributed by atoms with Crippen molar-refractivity contribution in [3.05, 3.63) is 81.4 Å². The summed E-state index contributed by atoms with van der Waals surface area (Å²) >= 11 is 5.22. The summed E-state index contributed by atoms with van der Waals surface area (Å²) in [5.74, 6) is 0.512. The molecule has 6 nitrogen and oxygen atoms in total. The number of allylic oxidation sites excluding steroid dienone is 1. The number of hydrogen-bond donors (Lipinski definition) is 2. The van der Waals surface area contributed by atoms with Gasteiger partial charge in [-0.15, -0.1) is 6.58 Å². The fourth-order valence-corrected chi connectivity index (χ4v) is 3.03. The van der Waals surface area contributed by atoms with Crippen molar-refractivity contribution in [2.45, 2.75) is 13.5 Å². The average Bonchev–Trinajstić information content (AvgIpc) is 2.69. The Morgan fingerprint density at radius 3 is 2.75 bits per heavy atom. The second kappa shape index (κ2) is 8.67. The molecule has 0 unspecified atom stereocenters. The average molecular weight is 395 g/mol. The molecule has 0 aliphatic heterocycles. The van der Waals surface area contributed by atoms with Gasteiger partial charge in [0.1, 0.15) is 12.4 Å².